The molecule has 0 spiro atoms. The van der Waals surface area contributed by atoms with E-state index in [4.69, 9.17) is 5.11 Å². The van der Waals surface area contributed by atoms with Crippen molar-refractivity contribution in [3.8, 4) is 0 Å². The molecule has 11 heavy (non-hydrogen) atoms. The Bertz CT molecular complexity index is 132. The molecule has 1 saturated heterocycles. The molecule has 0 bridgehead atoms. The number of hydrogen-bond acceptors (Lipinski definition) is 3. The van der Waals surface area contributed by atoms with E-state index >= 15 is 0 Å². The van der Waals surface area contributed by atoms with E-state index < -0.39 is 5.97 Å². The van der Waals surface area contributed by atoms with E-state index in [1.165, 1.54) is 6.42 Å². The van der Waals surface area contributed by atoms with Gasteiger partial charge >= 0.3 is 5.97 Å². The number of nitrogens with one attached hydrogen (secondary N) is 2. The minimum absolute atomic E-state index is 0.0676. The first-order valence-electron chi connectivity index (χ1n) is 3.95. The minimum atomic E-state index is -0.789. The molecule has 1 aliphatic heterocycles. The van der Waals surface area contributed by atoms with Gasteiger partial charge in [0, 0.05) is 12.6 Å². The Morgan fingerprint density at radius 3 is 3.09 bits per heavy atom. The normalized spacial score (nSPS) is 23.8. The Morgan fingerprint density at radius 1 is 1.73 bits per heavy atom. The average molecular weight is 158 g/mol. The van der Waals surface area contributed by atoms with Crippen molar-refractivity contribution in [1.82, 2.24) is 10.6 Å². The SMILES string of the molecule is O=C(O)CNC[C@@H]1CCCN1. The van der Waals surface area contributed by atoms with Crippen LogP contribution < -0.4 is 10.6 Å². The van der Waals surface area contributed by atoms with Crippen LogP contribution in [0.25, 0.3) is 0 Å². The molecule has 0 amide bonds. The molecule has 0 aliphatic carbocycles. The van der Waals surface area contributed by atoms with E-state index in [9.17, 15) is 4.79 Å². The summed E-state index contributed by atoms with van der Waals surface area (Å²) >= 11 is 0. The van der Waals surface area contributed by atoms with Gasteiger partial charge < -0.3 is 15.7 Å². The first-order valence-corrected chi connectivity index (χ1v) is 3.95. The summed E-state index contributed by atoms with van der Waals surface area (Å²) in [7, 11) is 0. The monoisotopic (exact) mass is 158 g/mol. The number of hydrogen-bond donors (Lipinski definition) is 3. The molecule has 1 heterocycles. The number of aliphatic carboxylic acids is 1. The summed E-state index contributed by atoms with van der Waals surface area (Å²) in [5.74, 6) is -0.789. The largest absolute Gasteiger partial charge is 0.480 e. The van der Waals surface area contributed by atoms with Gasteiger partial charge in [-0.25, -0.2) is 0 Å². The van der Waals surface area contributed by atoms with Crippen LogP contribution in [-0.2, 0) is 4.79 Å². The second-order valence-electron chi connectivity index (χ2n) is 2.82. The molecule has 0 unspecified atom stereocenters. The molecular formula is C7H14N2O2. The van der Waals surface area contributed by atoms with E-state index in [-0.39, 0.29) is 6.54 Å². The summed E-state index contributed by atoms with van der Waals surface area (Å²) in [4.78, 5) is 10.1. The van der Waals surface area contributed by atoms with Gasteiger partial charge in [0.25, 0.3) is 0 Å². The molecule has 0 aromatic carbocycles. The van der Waals surface area contributed by atoms with Crippen LogP contribution in [0.2, 0.25) is 0 Å². The van der Waals surface area contributed by atoms with E-state index in [0.717, 1.165) is 19.5 Å². The molecule has 0 aromatic heterocycles. The molecule has 1 rings (SSSR count). The molecule has 1 fully saturated rings. The van der Waals surface area contributed by atoms with Crippen molar-refractivity contribution in [3.63, 3.8) is 0 Å². The van der Waals surface area contributed by atoms with E-state index in [0.29, 0.717) is 6.04 Å². The lowest BCUT2D eigenvalue weighted by Crippen LogP contribution is -2.36. The second-order valence-corrected chi connectivity index (χ2v) is 2.82. The highest BCUT2D eigenvalue weighted by Gasteiger charge is 2.12. The van der Waals surface area contributed by atoms with Crippen molar-refractivity contribution in [1.29, 1.82) is 0 Å². The predicted molar refractivity (Wildman–Crippen MR) is 41.5 cm³/mol. The third-order valence-corrected chi connectivity index (χ3v) is 1.83. The first kappa shape index (κ1) is 8.49. The predicted octanol–water partition coefficient (Wildman–Crippen LogP) is -0.587. The molecule has 4 nitrogen and oxygen atoms in total. The van der Waals surface area contributed by atoms with Crippen LogP contribution in [0, 0.1) is 0 Å². The summed E-state index contributed by atoms with van der Waals surface area (Å²) in [6.07, 6.45) is 2.37. The fraction of sp³-hybridized carbons (Fsp3) is 0.857. The van der Waals surface area contributed by atoms with Gasteiger partial charge in [-0.15, -0.1) is 0 Å². The number of rotatable bonds is 4. The average Bonchev–Trinajstić information content (AvgIpc) is 2.39. The highest BCUT2D eigenvalue weighted by atomic mass is 16.4. The number of carboxylic acids is 1. The van der Waals surface area contributed by atoms with Crippen LogP contribution in [0.5, 0.6) is 0 Å². The van der Waals surface area contributed by atoms with E-state index in [1.807, 2.05) is 0 Å². The first-order chi connectivity index (χ1) is 5.29. The fourth-order valence-electron chi connectivity index (χ4n) is 1.28. The van der Waals surface area contributed by atoms with Crippen LogP contribution in [-0.4, -0.2) is 36.8 Å². The topological polar surface area (TPSA) is 61.4 Å². The zero-order valence-electron chi connectivity index (χ0n) is 6.47. The molecule has 0 radical (unpaired) electrons. The van der Waals surface area contributed by atoms with Gasteiger partial charge in [-0.2, -0.15) is 0 Å². The summed E-state index contributed by atoms with van der Waals surface area (Å²) in [6, 6.07) is 0.481. The van der Waals surface area contributed by atoms with Gasteiger partial charge in [0.2, 0.25) is 0 Å². The fourth-order valence-corrected chi connectivity index (χ4v) is 1.28. The third-order valence-electron chi connectivity index (χ3n) is 1.83. The standard InChI is InChI=1S/C7H14N2O2/c10-7(11)5-8-4-6-2-1-3-9-6/h6,8-9H,1-5H2,(H,10,11)/t6-/m0/s1. The van der Waals surface area contributed by atoms with Gasteiger partial charge in [0.1, 0.15) is 0 Å². The Hall–Kier alpha value is -0.610. The van der Waals surface area contributed by atoms with Crippen LogP contribution in [0.4, 0.5) is 0 Å². The summed E-state index contributed by atoms with van der Waals surface area (Å²) in [5, 5.41) is 14.4. The zero-order chi connectivity index (χ0) is 8.10. The van der Waals surface area contributed by atoms with Gasteiger partial charge in [0.15, 0.2) is 0 Å². The second kappa shape index (κ2) is 4.31. The molecule has 3 N–H and O–H groups in total. The summed E-state index contributed by atoms with van der Waals surface area (Å²) < 4.78 is 0. The minimum Gasteiger partial charge on any atom is -0.480 e. The van der Waals surface area contributed by atoms with Crippen LogP contribution in [0.15, 0.2) is 0 Å². The van der Waals surface area contributed by atoms with Gasteiger partial charge in [-0.05, 0) is 19.4 Å². The molecule has 1 aliphatic rings. The maximum atomic E-state index is 10.1. The zero-order valence-corrected chi connectivity index (χ0v) is 6.47. The van der Waals surface area contributed by atoms with E-state index in [1.54, 1.807) is 0 Å². The molecule has 64 valence electrons. The molecule has 1 atom stereocenters. The Morgan fingerprint density at radius 2 is 2.55 bits per heavy atom. The van der Waals surface area contributed by atoms with Crippen molar-refractivity contribution in [2.24, 2.45) is 0 Å². The summed E-state index contributed by atoms with van der Waals surface area (Å²) in [5.41, 5.74) is 0. The van der Waals surface area contributed by atoms with Crippen LogP contribution in [0.3, 0.4) is 0 Å². The maximum Gasteiger partial charge on any atom is 0.317 e. The molecule has 0 aromatic rings. The quantitative estimate of drug-likeness (QED) is 0.512. The lowest BCUT2D eigenvalue weighted by Gasteiger charge is -2.09. The highest BCUT2D eigenvalue weighted by Crippen LogP contribution is 2.02. The Balaban J connectivity index is 1.98. The molecular weight excluding hydrogens is 144 g/mol. The lowest BCUT2D eigenvalue weighted by atomic mass is 10.2. The van der Waals surface area contributed by atoms with Crippen LogP contribution in [0.1, 0.15) is 12.8 Å². The third kappa shape index (κ3) is 3.34. The van der Waals surface area contributed by atoms with Gasteiger partial charge in [-0.3, -0.25) is 4.79 Å². The van der Waals surface area contributed by atoms with Crippen molar-refractivity contribution in [2.75, 3.05) is 19.6 Å². The van der Waals surface area contributed by atoms with Crippen molar-refractivity contribution < 1.29 is 9.90 Å². The smallest absolute Gasteiger partial charge is 0.317 e. The molecule has 0 saturated carbocycles. The van der Waals surface area contributed by atoms with E-state index in [2.05, 4.69) is 10.6 Å². The number of carbonyl (C=O) groups is 1. The van der Waals surface area contributed by atoms with Crippen molar-refractivity contribution in [3.05, 3.63) is 0 Å². The van der Waals surface area contributed by atoms with Crippen molar-refractivity contribution >= 4 is 5.97 Å². The Labute approximate surface area is 66.0 Å². The van der Waals surface area contributed by atoms with Gasteiger partial charge in [-0.1, -0.05) is 0 Å². The highest BCUT2D eigenvalue weighted by molar-refractivity contribution is 5.68. The molecule has 4 heteroatoms. The summed E-state index contributed by atoms with van der Waals surface area (Å²) in [6.45, 7) is 1.91. The Kier molecular flexibility index (Phi) is 3.32. The lowest BCUT2D eigenvalue weighted by molar-refractivity contribution is -0.135. The maximum absolute atomic E-state index is 10.1. The van der Waals surface area contributed by atoms with Crippen LogP contribution >= 0.6 is 0 Å². The number of carboxylic acid groups (broad SMARTS) is 1. The van der Waals surface area contributed by atoms with Crippen molar-refractivity contribution in [2.45, 2.75) is 18.9 Å². The van der Waals surface area contributed by atoms with Gasteiger partial charge in [0.05, 0.1) is 6.54 Å².